The van der Waals surface area contributed by atoms with Gasteiger partial charge in [-0.15, -0.1) is 0 Å². The second-order valence-electron chi connectivity index (χ2n) is 25.8. The first kappa shape index (κ1) is 82.5. The van der Waals surface area contributed by atoms with E-state index in [9.17, 15) is 19.0 Å². The third kappa shape index (κ3) is 65.7. The summed E-state index contributed by atoms with van der Waals surface area (Å²) in [7, 11) is 1.49. The number of phosphoric ester groups is 1. The van der Waals surface area contributed by atoms with E-state index in [1.54, 1.807) is 0 Å². The van der Waals surface area contributed by atoms with E-state index in [1.165, 1.54) is 218 Å². The van der Waals surface area contributed by atoms with Gasteiger partial charge in [0.25, 0.3) is 0 Å². The number of amides is 1. The minimum atomic E-state index is -4.46. The number of esters is 1. The highest BCUT2D eigenvalue weighted by atomic mass is 31.2. The molecule has 0 bridgehead atoms. The molecule has 1 amide bonds. The molecule has 10 heteroatoms. The fourth-order valence-corrected chi connectivity index (χ4v) is 11.2. The van der Waals surface area contributed by atoms with E-state index in [4.69, 9.17) is 13.8 Å². The summed E-state index contributed by atoms with van der Waals surface area (Å²) in [6, 6.07) is -0.857. The average Bonchev–Trinajstić information content (AvgIpc) is 3.62. The standard InChI is InChI=1S/C75H139N2O7P/c1-7-10-13-16-19-22-25-27-29-31-33-35-37-38-40-42-44-46-48-50-53-56-59-62-65-68-75(79)84-73(66-63-60-57-54-51-24-21-18-15-12-9-3)72(71-83-85(80,81)82-70-69-77(4,5)6)76-74(78)67-64-61-58-55-52-49-47-45-43-41-39-36-34-32-30-28-26-23-20-17-14-11-8-2/h20,23,27-30,34,36,41,43,63,66,72-73H,7-19,21-22,24-26,31-33,35,37-40,42,44-62,64-65,67-71H2,1-6H3,(H-,76,78,80,81)/p+1/b23-20-,29-27+,30-28-,36-34-,43-41-,66-63+. The van der Waals surface area contributed by atoms with Gasteiger partial charge in [-0.1, -0.05) is 299 Å². The Labute approximate surface area is 527 Å². The van der Waals surface area contributed by atoms with Crippen LogP contribution in [0.1, 0.15) is 342 Å². The van der Waals surface area contributed by atoms with Gasteiger partial charge in [-0.3, -0.25) is 18.6 Å². The van der Waals surface area contributed by atoms with Crippen molar-refractivity contribution in [1.29, 1.82) is 0 Å². The predicted octanol–water partition coefficient (Wildman–Crippen LogP) is 23.1. The molecule has 3 atom stereocenters. The fourth-order valence-electron chi connectivity index (χ4n) is 10.5. The summed E-state index contributed by atoms with van der Waals surface area (Å²) in [5.41, 5.74) is 0. The number of quaternary nitrogens is 1. The van der Waals surface area contributed by atoms with Crippen LogP contribution in [0.4, 0.5) is 0 Å². The number of rotatable bonds is 66. The molecule has 0 heterocycles. The topological polar surface area (TPSA) is 111 Å². The highest BCUT2D eigenvalue weighted by molar-refractivity contribution is 7.47. The molecule has 0 aromatic carbocycles. The van der Waals surface area contributed by atoms with Gasteiger partial charge in [0, 0.05) is 12.8 Å². The second kappa shape index (κ2) is 64.4. The number of unbranched alkanes of at least 4 members (excludes halogenated alkanes) is 40. The number of carbonyl (C=O) groups excluding carboxylic acids is 2. The lowest BCUT2D eigenvalue weighted by atomic mass is 10.0. The van der Waals surface area contributed by atoms with Crippen LogP contribution in [0.15, 0.2) is 72.9 Å². The van der Waals surface area contributed by atoms with Crippen LogP contribution in [0.25, 0.3) is 0 Å². The Hall–Kier alpha value is -2.55. The predicted molar refractivity (Wildman–Crippen MR) is 369 cm³/mol. The Morgan fingerprint density at radius 1 is 0.412 bits per heavy atom. The van der Waals surface area contributed by atoms with Crippen molar-refractivity contribution >= 4 is 19.7 Å². The number of likely N-dealkylation sites (N-methyl/N-ethyl adjacent to an activating group) is 1. The van der Waals surface area contributed by atoms with E-state index in [0.717, 1.165) is 89.9 Å². The number of nitrogens with one attached hydrogen (secondary N) is 1. The monoisotopic (exact) mass is 1210 g/mol. The van der Waals surface area contributed by atoms with Crippen molar-refractivity contribution < 1.29 is 37.3 Å². The van der Waals surface area contributed by atoms with Gasteiger partial charge in [-0.05, 0) is 102 Å². The largest absolute Gasteiger partial charge is 0.472 e. The first-order valence-electron chi connectivity index (χ1n) is 36.3. The number of allylic oxidation sites excluding steroid dienone is 11. The van der Waals surface area contributed by atoms with Crippen molar-refractivity contribution in [2.24, 2.45) is 0 Å². The molecule has 0 spiro atoms. The summed E-state index contributed by atoms with van der Waals surface area (Å²) in [4.78, 5) is 37.9. The molecule has 496 valence electrons. The molecule has 0 saturated heterocycles. The lowest BCUT2D eigenvalue weighted by Gasteiger charge is -2.27. The van der Waals surface area contributed by atoms with Gasteiger partial charge in [0.15, 0.2) is 0 Å². The Morgan fingerprint density at radius 3 is 1.11 bits per heavy atom. The van der Waals surface area contributed by atoms with E-state index in [2.05, 4.69) is 86.8 Å². The second-order valence-corrected chi connectivity index (χ2v) is 27.2. The van der Waals surface area contributed by atoms with Gasteiger partial charge in [0.1, 0.15) is 19.3 Å². The number of ether oxygens (including phenoxy) is 1. The summed E-state index contributed by atoms with van der Waals surface area (Å²) in [5, 5.41) is 3.07. The van der Waals surface area contributed by atoms with E-state index < -0.39 is 20.0 Å². The number of nitrogens with zero attached hydrogens (tertiary/aromatic N) is 1. The van der Waals surface area contributed by atoms with Gasteiger partial charge in [-0.25, -0.2) is 4.57 Å². The smallest absolute Gasteiger partial charge is 0.456 e. The van der Waals surface area contributed by atoms with Crippen LogP contribution in [0.2, 0.25) is 0 Å². The van der Waals surface area contributed by atoms with E-state index in [0.29, 0.717) is 17.4 Å². The zero-order valence-corrected chi connectivity index (χ0v) is 57.7. The van der Waals surface area contributed by atoms with Gasteiger partial charge < -0.3 is 19.4 Å². The van der Waals surface area contributed by atoms with Crippen LogP contribution < -0.4 is 5.32 Å². The molecule has 85 heavy (non-hydrogen) atoms. The van der Waals surface area contributed by atoms with Crippen LogP contribution >= 0.6 is 7.82 Å². The van der Waals surface area contributed by atoms with E-state index in [-0.39, 0.29) is 31.5 Å². The molecule has 2 N–H and O–H groups in total. The van der Waals surface area contributed by atoms with Crippen LogP contribution in [0, 0.1) is 0 Å². The number of phosphoric acid groups is 1. The fraction of sp³-hybridized carbons (Fsp3) is 0.813. The Kier molecular flexibility index (Phi) is 62.5. The summed E-state index contributed by atoms with van der Waals surface area (Å²) in [6.45, 7) is 7.00. The molecule has 0 aromatic heterocycles. The van der Waals surface area contributed by atoms with Crippen molar-refractivity contribution in [2.45, 2.75) is 354 Å². The summed E-state index contributed by atoms with van der Waals surface area (Å²) >= 11 is 0. The maximum absolute atomic E-state index is 13.6. The molecule has 3 unspecified atom stereocenters. The quantitative estimate of drug-likeness (QED) is 0.0205. The van der Waals surface area contributed by atoms with E-state index in [1.807, 2.05) is 33.3 Å². The maximum Gasteiger partial charge on any atom is 0.472 e. The van der Waals surface area contributed by atoms with E-state index >= 15 is 0 Å². The van der Waals surface area contributed by atoms with Gasteiger partial charge in [0.2, 0.25) is 5.91 Å². The zero-order chi connectivity index (χ0) is 62.1. The molecular formula is C75H140N2O7P+. The lowest BCUT2D eigenvalue weighted by Crippen LogP contribution is -2.47. The molecule has 0 aliphatic rings. The van der Waals surface area contributed by atoms with Crippen LogP contribution in [-0.4, -0.2) is 74.3 Å². The molecule has 0 radical (unpaired) electrons. The first-order chi connectivity index (χ1) is 41.4. The molecule has 0 aliphatic carbocycles. The van der Waals surface area contributed by atoms with Crippen LogP contribution in [0.3, 0.4) is 0 Å². The average molecular weight is 1210 g/mol. The van der Waals surface area contributed by atoms with Crippen molar-refractivity contribution in [3.63, 3.8) is 0 Å². The molecular weight excluding hydrogens is 1070 g/mol. The highest BCUT2D eigenvalue weighted by Crippen LogP contribution is 2.43. The summed E-state index contributed by atoms with van der Waals surface area (Å²) in [6.07, 6.45) is 84.9. The van der Waals surface area contributed by atoms with Gasteiger partial charge in [0.05, 0.1) is 33.8 Å². The SMILES string of the molecule is CCCCC/C=C\C/C=C\C/C=C\C/C=C\CCCCCCCCCC(=O)NC(COP(=O)(O)OCC[N+](C)(C)C)C(/C=C/CCCCCCCCCCC)OC(=O)CCCCCCCCCCCCCCCCC/C=C/CCCCCCCC. The minimum absolute atomic E-state index is 0.0367. The Morgan fingerprint density at radius 2 is 0.718 bits per heavy atom. The maximum atomic E-state index is 13.6. The number of hydrogen-bond acceptors (Lipinski definition) is 6. The number of hydrogen-bond donors (Lipinski definition) is 2. The summed E-state index contributed by atoms with van der Waals surface area (Å²) < 4.78 is 30.8. The van der Waals surface area contributed by atoms with Crippen molar-refractivity contribution in [1.82, 2.24) is 5.32 Å². The first-order valence-corrected chi connectivity index (χ1v) is 37.8. The van der Waals surface area contributed by atoms with Gasteiger partial charge in [-0.2, -0.15) is 0 Å². The van der Waals surface area contributed by atoms with Crippen molar-refractivity contribution in [3.05, 3.63) is 72.9 Å². The third-order valence-electron chi connectivity index (χ3n) is 16.1. The lowest BCUT2D eigenvalue weighted by molar-refractivity contribution is -0.870. The third-order valence-corrected chi connectivity index (χ3v) is 17.1. The van der Waals surface area contributed by atoms with Crippen LogP contribution in [0.5, 0.6) is 0 Å². The van der Waals surface area contributed by atoms with Crippen molar-refractivity contribution in [3.8, 4) is 0 Å². The number of carbonyl (C=O) groups is 2. The normalized spacial score (nSPS) is 13.9. The zero-order valence-electron chi connectivity index (χ0n) is 56.9. The van der Waals surface area contributed by atoms with Crippen molar-refractivity contribution in [2.75, 3.05) is 40.9 Å². The summed E-state index contributed by atoms with van der Waals surface area (Å²) in [5.74, 6) is -0.507. The highest BCUT2D eigenvalue weighted by Gasteiger charge is 2.30. The molecule has 0 aliphatic heterocycles. The molecule has 0 aromatic rings. The Balaban J connectivity index is 5.02. The molecule has 9 nitrogen and oxygen atoms in total. The molecule has 0 rings (SSSR count). The molecule has 0 saturated carbocycles. The minimum Gasteiger partial charge on any atom is -0.456 e. The van der Waals surface area contributed by atoms with Crippen LogP contribution in [-0.2, 0) is 27.9 Å². The molecule has 0 fully saturated rings. The van der Waals surface area contributed by atoms with Gasteiger partial charge >= 0.3 is 13.8 Å². The Bertz CT molecular complexity index is 1680.